The molecule has 9 aromatic rings. The molecule has 0 fully saturated rings. The molecule has 0 saturated carbocycles. The van der Waals surface area contributed by atoms with Gasteiger partial charge in [0, 0.05) is 47.8 Å². The van der Waals surface area contributed by atoms with Gasteiger partial charge in [-0.3, -0.25) is 0 Å². The minimum atomic E-state index is 0.602. The molecular weight excluding hydrogens is 569 g/mol. The van der Waals surface area contributed by atoms with Gasteiger partial charge in [-0.25, -0.2) is 19.9 Å². The highest BCUT2D eigenvalue weighted by atomic mass is 32.1. The van der Waals surface area contributed by atoms with E-state index in [0.717, 1.165) is 38.9 Å². The number of aromatic nitrogens is 4. The molecule has 5 heteroatoms. The third-order valence-corrected chi connectivity index (χ3v) is 9.53. The number of rotatable bonds is 4. The van der Waals surface area contributed by atoms with Crippen LogP contribution in [0.4, 0.5) is 0 Å². The Labute approximate surface area is 263 Å². The maximum absolute atomic E-state index is 5.53. The maximum Gasteiger partial charge on any atom is 0.166 e. The molecule has 3 aromatic heterocycles. The topological polar surface area (TPSA) is 51.6 Å². The van der Waals surface area contributed by atoms with Crippen LogP contribution in [-0.2, 0) is 0 Å². The first kappa shape index (κ1) is 25.7. The van der Waals surface area contributed by atoms with E-state index in [1.807, 2.05) is 72.0 Å². The van der Waals surface area contributed by atoms with Crippen LogP contribution in [0, 0.1) is 0 Å². The van der Waals surface area contributed by atoms with Crippen molar-refractivity contribution >= 4 is 53.2 Å². The fraction of sp³-hybridized carbons (Fsp3) is 0. The average molecular weight is 593 g/mol. The molecule has 3 heterocycles. The molecular formula is C40H24N4S. The summed E-state index contributed by atoms with van der Waals surface area (Å²) in [4.78, 5) is 20.6. The van der Waals surface area contributed by atoms with Crippen molar-refractivity contribution in [2.24, 2.45) is 0 Å². The number of para-hydroxylation sites is 1. The van der Waals surface area contributed by atoms with Crippen LogP contribution in [0.5, 0.6) is 0 Å². The minimum absolute atomic E-state index is 0.602. The van der Waals surface area contributed by atoms with Gasteiger partial charge in [0.1, 0.15) is 0 Å². The number of nitrogens with zero attached hydrogens (tertiary/aromatic N) is 4. The molecule has 0 aliphatic rings. The Bertz CT molecular complexity index is 2480. The zero-order valence-electron chi connectivity index (χ0n) is 24.1. The van der Waals surface area contributed by atoms with Crippen LogP contribution in [0.1, 0.15) is 0 Å². The number of fused-ring (bicyclic) bond motifs is 6. The van der Waals surface area contributed by atoms with Crippen molar-refractivity contribution < 1.29 is 0 Å². The molecule has 45 heavy (non-hydrogen) atoms. The van der Waals surface area contributed by atoms with Crippen LogP contribution in [0.25, 0.3) is 87.3 Å². The predicted molar refractivity (Wildman–Crippen MR) is 187 cm³/mol. The summed E-state index contributed by atoms with van der Waals surface area (Å²) in [6.45, 7) is 0. The number of pyridine rings is 1. The number of hydrogen-bond donors (Lipinski definition) is 0. The van der Waals surface area contributed by atoms with E-state index in [1.54, 1.807) is 0 Å². The smallest absolute Gasteiger partial charge is 0.166 e. The lowest BCUT2D eigenvalue weighted by molar-refractivity contribution is 1.07. The van der Waals surface area contributed by atoms with Crippen LogP contribution in [-0.4, -0.2) is 19.9 Å². The second-order valence-corrected chi connectivity index (χ2v) is 12.1. The van der Waals surface area contributed by atoms with Gasteiger partial charge < -0.3 is 0 Å². The van der Waals surface area contributed by atoms with Crippen molar-refractivity contribution in [3.8, 4) is 45.4 Å². The van der Waals surface area contributed by atoms with Gasteiger partial charge in [-0.15, -0.1) is 11.3 Å². The molecule has 0 saturated heterocycles. The van der Waals surface area contributed by atoms with Crippen molar-refractivity contribution in [3.05, 3.63) is 146 Å². The summed E-state index contributed by atoms with van der Waals surface area (Å²) in [5.41, 5.74) is 5.72. The summed E-state index contributed by atoms with van der Waals surface area (Å²) in [5.74, 6) is 1.87. The van der Waals surface area contributed by atoms with Crippen molar-refractivity contribution in [3.63, 3.8) is 0 Å². The SMILES string of the molecule is c1ccc(-c2nc(-c3ccccc3)nc(-c3cccc4c3nc(-c3cccc5ccccc35)c3c5ccccc5sc43)n2)cc1. The molecule has 0 atom stereocenters. The molecule has 0 bridgehead atoms. The van der Waals surface area contributed by atoms with E-state index in [4.69, 9.17) is 19.9 Å². The van der Waals surface area contributed by atoms with Gasteiger partial charge in [-0.2, -0.15) is 0 Å². The molecule has 0 aliphatic heterocycles. The lowest BCUT2D eigenvalue weighted by atomic mass is 9.97. The molecule has 0 unspecified atom stereocenters. The zero-order valence-corrected chi connectivity index (χ0v) is 24.9. The molecule has 4 nitrogen and oxygen atoms in total. The first-order valence-electron chi connectivity index (χ1n) is 14.9. The second-order valence-electron chi connectivity index (χ2n) is 11.0. The zero-order chi connectivity index (χ0) is 29.7. The molecule has 0 amide bonds. The Morgan fingerprint density at radius 1 is 0.400 bits per heavy atom. The normalized spacial score (nSPS) is 11.6. The molecule has 6 aromatic carbocycles. The number of benzene rings is 6. The Morgan fingerprint density at radius 2 is 0.956 bits per heavy atom. The maximum atomic E-state index is 5.53. The van der Waals surface area contributed by atoms with E-state index in [2.05, 4.69) is 84.9 Å². The van der Waals surface area contributed by atoms with E-state index in [9.17, 15) is 0 Å². The van der Waals surface area contributed by atoms with Gasteiger partial charge >= 0.3 is 0 Å². The summed E-state index contributed by atoms with van der Waals surface area (Å²) >= 11 is 1.82. The van der Waals surface area contributed by atoms with E-state index in [1.165, 1.54) is 30.9 Å². The van der Waals surface area contributed by atoms with Gasteiger partial charge in [-0.05, 0) is 22.9 Å². The lowest BCUT2D eigenvalue weighted by Gasteiger charge is -2.13. The predicted octanol–water partition coefficient (Wildman–Crippen LogP) is 10.6. The third kappa shape index (κ3) is 4.28. The van der Waals surface area contributed by atoms with Gasteiger partial charge in [0.15, 0.2) is 17.5 Å². The molecule has 9 rings (SSSR count). The summed E-state index contributed by atoms with van der Waals surface area (Å²) in [6.07, 6.45) is 0. The Kier molecular flexibility index (Phi) is 5.96. The van der Waals surface area contributed by atoms with E-state index in [-0.39, 0.29) is 0 Å². The van der Waals surface area contributed by atoms with Gasteiger partial charge in [0.25, 0.3) is 0 Å². The first-order valence-corrected chi connectivity index (χ1v) is 15.7. The summed E-state index contributed by atoms with van der Waals surface area (Å²) < 4.78 is 2.46. The van der Waals surface area contributed by atoms with Crippen LogP contribution in [0.15, 0.2) is 146 Å². The molecule has 210 valence electrons. The first-order chi connectivity index (χ1) is 22.3. The molecule has 0 spiro atoms. The van der Waals surface area contributed by atoms with Crippen molar-refractivity contribution in [1.82, 2.24) is 19.9 Å². The molecule has 0 aliphatic carbocycles. The number of hydrogen-bond acceptors (Lipinski definition) is 5. The molecule has 0 radical (unpaired) electrons. The van der Waals surface area contributed by atoms with Crippen LogP contribution < -0.4 is 0 Å². The van der Waals surface area contributed by atoms with E-state index in [0.29, 0.717) is 17.5 Å². The highest BCUT2D eigenvalue weighted by Crippen LogP contribution is 2.45. The fourth-order valence-corrected chi connectivity index (χ4v) is 7.45. The summed E-state index contributed by atoms with van der Waals surface area (Å²) in [6, 6.07) is 50.2. The summed E-state index contributed by atoms with van der Waals surface area (Å²) in [7, 11) is 0. The van der Waals surface area contributed by atoms with Gasteiger partial charge in [-0.1, -0.05) is 133 Å². The van der Waals surface area contributed by atoms with Crippen molar-refractivity contribution in [1.29, 1.82) is 0 Å². The minimum Gasteiger partial charge on any atom is -0.246 e. The Hall–Kier alpha value is -5.78. The quantitative estimate of drug-likeness (QED) is 0.204. The molecule has 0 N–H and O–H groups in total. The van der Waals surface area contributed by atoms with Crippen molar-refractivity contribution in [2.45, 2.75) is 0 Å². The average Bonchev–Trinajstić information content (AvgIpc) is 3.52. The summed E-state index contributed by atoms with van der Waals surface area (Å²) in [5, 5.41) is 5.87. The van der Waals surface area contributed by atoms with Gasteiger partial charge in [0.2, 0.25) is 0 Å². The van der Waals surface area contributed by atoms with E-state index < -0.39 is 0 Å². The standard InChI is InChI=1S/C40H24N4S/c1-3-14-26(15-4-1)38-42-39(27-16-5-2-6-17-27)44-40(43-38)32-23-12-22-31-35(32)41-36(29-21-11-18-25-13-7-8-19-28(25)29)34-30-20-9-10-24-33(30)45-37(31)34/h1-24H. The monoisotopic (exact) mass is 592 g/mol. The van der Waals surface area contributed by atoms with Crippen LogP contribution in [0.3, 0.4) is 0 Å². The number of thiophene rings is 1. The van der Waals surface area contributed by atoms with Crippen LogP contribution in [0.2, 0.25) is 0 Å². The van der Waals surface area contributed by atoms with E-state index >= 15 is 0 Å². The highest BCUT2D eigenvalue weighted by molar-refractivity contribution is 7.26. The second kappa shape index (κ2) is 10.4. The Morgan fingerprint density at radius 3 is 1.71 bits per heavy atom. The highest BCUT2D eigenvalue weighted by Gasteiger charge is 2.21. The van der Waals surface area contributed by atoms with Crippen LogP contribution >= 0.6 is 11.3 Å². The fourth-order valence-electron chi connectivity index (χ4n) is 6.22. The van der Waals surface area contributed by atoms with Crippen molar-refractivity contribution in [2.75, 3.05) is 0 Å². The Balaban J connectivity index is 1.39. The third-order valence-electron chi connectivity index (χ3n) is 8.32. The largest absolute Gasteiger partial charge is 0.246 e. The lowest BCUT2D eigenvalue weighted by Crippen LogP contribution is -2.01. The van der Waals surface area contributed by atoms with Gasteiger partial charge in [0.05, 0.1) is 11.2 Å².